The highest BCUT2D eigenvalue weighted by Crippen LogP contribution is 2.17. The van der Waals surface area contributed by atoms with Gasteiger partial charge in [0, 0.05) is 34.4 Å². The first kappa shape index (κ1) is 12.9. The van der Waals surface area contributed by atoms with Gasteiger partial charge in [-0.1, -0.05) is 12.1 Å². The van der Waals surface area contributed by atoms with Gasteiger partial charge in [-0.15, -0.1) is 11.3 Å². The lowest BCUT2D eigenvalue weighted by atomic mass is 10.2. The lowest BCUT2D eigenvalue weighted by molar-refractivity contribution is 0.687. The Labute approximate surface area is 122 Å². The Balaban J connectivity index is 1.58. The highest BCUT2D eigenvalue weighted by Gasteiger charge is 1.99. The van der Waals surface area contributed by atoms with Crippen LogP contribution >= 0.6 is 11.3 Å². The van der Waals surface area contributed by atoms with Crippen molar-refractivity contribution >= 4 is 17.0 Å². The maximum Gasteiger partial charge on any atom is 0.0659 e. The number of benzene rings is 1. The molecule has 0 aliphatic heterocycles. The minimum atomic E-state index is 0.817. The van der Waals surface area contributed by atoms with Crippen LogP contribution in [-0.4, -0.2) is 9.78 Å². The average molecular weight is 283 g/mol. The number of anilines is 1. The molecular weight excluding hydrogens is 266 g/mol. The van der Waals surface area contributed by atoms with Gasteiger partial charge >= 0.3 is 0 Å². The fraction of sp³-hybridized carbons (Fsp3) is 0.188. The quantitative estimate of drug-likeness (QED) is 0.769. The van der Waals surface area contributed by atoms with Crippen LogP contribution in [0.15, 0.2) is 54.9 Å². The first-order valence-corrected chi connectivity index (χ1v) is 7.47. The third-order valence-electron chi connectivity index (χ3n) is 3.12. The predicted molar refractivity (Wildman–Crippen MR) is 84.2 cm³/mol. The molecule has 102 valence electrons. The Morgan fingerprint density at radius 3 is 2.65 bits per heavy atom. The minimum absolute atomic E-state index is 0.817. The molecule has 0 amide bonds. The third kappa shape index (κ3) is 3.27. The van der Waals surface area contributed by atoms with Crippen molar-refractivity contribution < 1.29 is 0 Å². The highest BCUT2D eigenvalue weighted by atomic mass is 32.1. The third-order valence-corrected chi connectivity index (χ3v) is 4.12. The van der Waals surface area contributed by atoms with Gasteiger partial charge in [0.15, 0.2) is 0 Å². The maximum atomic E-state index is 4.21. The van der Waals surface area contributed by atoms with Crippen LogP contribution in [0.2, 0.25) is 0 Å². The van der Waals surface area contributed by atoms with E-state index in [2.05, 4.69) is 53.7 Å². The molecule has 3 nitrogen and oxygen atoms in total. The Kier molecular flexibility index (Phi) is 3.83. The highest BCUT2D eigenvalue weighted by molar-refractivity contribution is 7.11. The molecule has 2 aromatic heterocycles. The molecule has 1 N–H and O–H groups in total. The molecule has 0 bridgehead atoms. The number of aryl methyl sites for hydroxylation is 1. The second-order valence-electron chi connectivity index (χ2n) is 4.77. The van der Waals surface area contributed by atoms with E-state index in [1.807, 2.05) is 28.3 Å². The van der Waals surface area contributed by atoms with Crippen LogP contribution in [0.5, 0.6) is 0 Å². The molecule has 0 atom stereocenters. The fourth-order valence-electron chi connectivity index (χ4n) is 2.08. The summed E-state index contributed by atoms with van der Waals surface area (Å²) >= 11 is 1.84. The van der Waals surface area contributed by atoms with Gasteiger partial charge in [0.25, 0.3) is 0 Å². The molecule has 3 rings (SSSR count). The summed E-state index contributed by atoms with van der Waals surface area (Å²) in [6.07, 6.45) is 3.78. The second-order valence-corrected chi connectivity index (χ2v) is 6.14. The van der Waals surface area contributed by atoms with Gasteiger partial charge in [-0.3, -0.25) is 4.68 Å². The number of hydrogen-bond donors (Lipinski definition) is 1. The number of aromatic nitrogens is 2. The monoisotopic (exact) mass is 283 g/mol. The van der Waals surface area contributed by atoms with E-state index in [9.17, 15) is 0 Å². The summed E-state index contributed by atoms with van der Waals surface area (Å²) in [7, 11) is 0. The standard InChI is InChI=1S/C16H17N3S/c1-13-3-8-16(20-13)11-17-15-6-4-14(5-7-15)12-19-10-2-9-18-19/h2-10,17H,11-12H2,1H3. The van der Waals surface area contributed by atoms with Crippen LogP contribution in [-0.2, 0) is 13.1 Å². The lowest BCUT2D eigenvalue weighted by Crippen LogP contribution is -2.01. The molecule has 0 radical (unpaired) electrons. The Morgan fingerprint density at radius 1 is 1.15 bits per heavy atom. The van der Waals surface area contributed by atoms with E-state index in [1.54, 1.807) is 6.20 Å². The summed E-state index contributed by atoms with van der Waals surface area (Å²) in [5, 5.41) is 7.66. The topological polar surface area (TPSA) is 29.9 Å². The first-order chi connectivity index (χ1) is 9.79. The van der Waals surface area contributed by atoms with Gasteiger partial charge in [-0.2, -0.15) is 5.10 Å². The number of nitrogens with one attached hydrogen (secondary N) is 1. The van der Waals surface area contributed by atoms with Gasteiger partial charge in [-0.05, 0) is 42.8 Å². The summed E-state index contributed by atoms with van der Waals surface area (Å²) in [6, 6.07) is 14.8. The van der Waals surface area contributed by atoms with E-state index in [0.717, 1.165) is 18.8 Å². The molecule has 0 unspecified atom stereocenters. The Bertz CT molecular complexity index is 653. The van der Waals surface area contributed by atoms with Crippen molar-refractivity contribution in [2.45, 2.75) is 20.0 Å². The molecule has 1 aromatic carbocycles. The van der Waals surface area contributed by atoms with Crippen molar-refractivity contribution in [3.8, 4) is 0 Å². The number of thiophene rings is 1. The normalized spacial score (nSPS) is 10.7. The fourth-order valence-corrected chi connectivity index (χ4v) is 2.91. The zero-order chi connectivity index (χ0) is 13.8. The molecule has 2 heterocycles. The van der Waals surface area contributed by atoms with Crippen molar-refractivity contribution in [1.82, 2.24) is 9.78 Å². The van der Waals surface area contributed by atoms with Crippen LogP contribution in [0.1, 0.15) is 15.3 Å². The molecular formula is C16H17N3S. The van der Waals surface area contributed by atoms with Gasteiger partial charge in [-0.25, -0.2) is 0 Å². The number of nitrogens with zero attached hydrogens (tertiary/aromatic N) is 2. The van der Waals surface area contributed by atoms with Crippen LogP contribution in [0, 0.1) is 6.92 Å². The predicted octanol–water partition coefficient (Wildman–Crippen LogP) is 3.91. The van der Waals surface area contributed by atoms with Crippen LogP contribution in [0.25, 0.3) is 0 Å². The van der Waals surface area contributed by atoms with Gasteiger partial charge in [0.2, 0.25) is 0 Å². The van der Waals surface area contributed by atoms with Crippen LogP contribution in [0.4, 0.5) is 5.69 Å². The van der Waals surface area contributed by atoms with Gasteiger partial charge in [0.05, 0.1) is 6.54 Å². The van der Waals surface area contributed by atoms with E-state index >= 15 is 0 Å². The van der Waals surface area contributed by atoms with Crippen molar-refractivity contribution in [2.24, 2.45) is 0 Å². The number of rotatable bonds is 5. The molecule has 0 aliphatic rings. The molecule has 4 heteroatoms. The van der Waals surface area contributed by atoms with Crippen molar-refractivity contribution in [3.63, 3.8) is 0 Å². The van der Waals surface area contributed by atoms with Crippen molar-refractivity contribution in [1.29, 1.82) is 0 Å². The van der Waals surface area contributed by atoms with Crippen LogP contribution < -0.4 is 5.32 Å². The van der Waals surface area contributed by atoms with E-state index < -0.39 is 0 Å². The zero-order valence-corrected chi connectivity index (χ0v) is 12.2. The summed E-state index contributed by atoms with van der Waals surface area (Å²) < 4.78 is 1.93. The van der Waals surface area contributed by atoms with Gasteiger partial charge in [0.1, 0.15) is 0 Å². The van der Waals surface area contributed by atoms with Crippen LogP contribution in [0.3, 0.4) is 0 Å². The summed E-state index contributed by atoms with van der Waals surface area (Å²) in [5.74, 6) is 0. The average Bonchev–Trinajstić information content (AvgIpc) is 3.10. The van der Waals surface area contributed by atoms with Crippen molar-refractivity contribution in [2.75, 3.05) is 5.32 Å². The van der Waals surface area contributed by atoms with Crippen molar-refractivity contribution in [3.05, 3.63) is 70.2 Å². The molecule has 0 aliphatic carbocycles. The lowest BCUT2D eigenvalue weighted by Gasteiger charge is -2.07. The smallest absolute Gasteiger partial charge is 0.0659 e. The largest absolute Gasteiger partial charge is 0.380 e. The van der Waals surface area contributed by atoms with E-state index in [0.29, 0.717) is 0 Å². The zero-order valence-electron chi connectivity index (χ0n) is 11.4. The Morgan fingerprint density at radius 2 is 2.00 bits per heavy atom. The van der Waals surface area contributed by atoms with Gasteiger partial charge < -0.3 is 5.32 Å². The van der Waals surface area contributed by atoms with E-state index in [-0.39, 0.29) is 0 Å². The summed E-state index contributed by atoms with van der Waals surface area (Å²) in [5.41, 5.74) is 2.41. The molecule has 0 fully saturated rings. The minimum Gasteiger partial charge on any atom is -0.380 e. The Hall–Kier alpha value is -2.07. The SMILES string of the molecule is Cc1ccc(CNc2ccc(Cn3cccn3)cc2)s1. The molecule has 0 saturated heterocycles. The molecule has 3 aromatic rings. The molecule has 0 saturated carbocycles. The summed E-state index contributed by atoms with van der Waals surface area (Å²) in [4.78, 5) is 2.72. The number of hydrogen-bond acceptors (Lipinski definition) is 3. The second kappa shape index (κ2) is 5.92. The molecule has 20 heavy (non-hydrogen) atoms. The van der Waals surface area contributed by atoms with E-state index in [1.165, 1.54) is 15.3 Å². The summed E-state index contributed by atoms with van der Waals surface area (Å²) in [6.45, 7) is 3.84. The first-order valence-electron chi connectivity index (χ1n) is 6.65. The molecule has 0 spiro atoms. The maximum absolute atomic E-state index is 4.21. The van der Waals surface area contributed by atoms with E-state index in [4.69, 9.17) is 0 Å².